The van der Waals surface area contributed by atoms with E-state index in [4.69, 9.17) is 4.74 Å². The van der Waals surface area contributed by atoms with Crippen LogP contribution in [0.25, 0.3) is 10.9 Å². The van der Waals surface area contributed by atoms with Crippen LogP contribution in [-0.2, 0) is 6.54 Å². The Morgan fingerprint density at radius 1 is 1.00 bits per heavy atom. The zero-order valence-corrected chi connectivity index (χ0v) is 15.6. The van der Waals surface area contributed by atoms with Gasteiger partial charge < -0.3 is 9.72 Å². The number of nitrogens with zero attached hydrogens (tertiary/aromatic N) is 2. The van der Waals surface area contributed by atoms with Gasteiger partial charge in [-0.3, -0.25) is 14.6 Å². The summed E-state index contributed by atoms with van der Waals surface area (Å²) in [4.78, 5) is 20.6. The number of carbonyl (C=O) groups is 1. The number of piperazine rings is 1. The highest BCUT2D eigenvalue weighted by molar-refractivity contribution is 6.08. The summed E-state index contributed by atoms with van der Waals surface area (Å²) in [6.07, 6.45) is 1.84. The van der Waals surface area contributed by atoms with E-state index < -0.39 is 0 Å². The smallest absolute Gasteiger partial charge is 0.178 e. The van der Waals surface area contributed by atoms with Gasteiger partial charge >= 0.3 is 0 Å². The Morgan fingerprint density at radius 3 is 2.44 bits per heavy atom. The first-order valence-corrected chi connectivity index (χ1v) is 9.40. The zero-order chi connectivity index (χ0) is 18.6. The highest BCUT2D eigenvalue weighted by Crippen LogP contribution is 2.19. The van der Waals surface area contributed by atoms with E-state index in [0.717, 1.165) is 54.9 Å². The first-order valence-electron chi connectivity index (χ1n) is 9.40. The topological polar surface area (TPSA) is 48.6 Å². The number of carbonyl (C=O) groups excluding carboxylic acids is 1. The van der Waals surface area contributed by atoms with Crippen LogP contribution in [0, 0.1) is 0 Å². The van der Waals surface area contributed by atoms with Crippen LogP contribution >= 0.6 is 0 Å². The second-order valence-electron chi connectivity index (χ2n) is 7.07. The molecule has 5 heteroatoms. The number of aromatic amines is 1. The molecule has 5 nitrogen and oxygen atoms in total. The molecule has 1 saturated heterocycles. The van der Waals surface area contributed by atoms with Gasteiger partial charge in [0.15, 0.2) is 5.78 Å². The number of para-hydroxylation sites is 1. The molecule has 1 fully saturated rings. The number of methoxy groups -OCH3 is 1. The predicted octanol–water partition coefficient (Wildman–Crippen LogP) is 3.18. The Balaban J connectivity index is 1.30. The number of ketones is 1. The van der Waals surface area contributed by atoms with Crippen molar-refractivity contribution in [1.82, 2.24) is 14.8 Å². The van der Waals surface area contributed by atoms with E-state index >= 15 is 0 Å². The van der Waals surface area contributed by atoms with Crippen molar-refractivity contribution in [3.05, 3.63) is 65.9 Å². The molecule has 27 heavy (non-hydrogen) atoms. The standard InChI is InChI=1S/C22H25N3O2/c1-27-18-8-6-17(7-9-18)15-24-10-12-25(13-11-24)16-22(26)20-14-23-21-5-3-2-4-19(20)21/h2-9,14,23H,10-13,15-16H2,1H3. The normalized spacial score (nSPS) is 15.9. The number of H-pyrrole nitrogens is 1. The van der Waals surface area contributed by atoms with Crippen molar-refractivity contribution < 1.29 is 9.53 Å². The van der Waals surface area contributed by atoms with E-state index in [1.54, 1.807) is 7.11 Å². The van der Waals surface area contributed by atoms with Gasteiger partial charge in [-0.2, -0.15) is 0 Å². The van der Waals surface area contributed by atoms with Gasteiger partial charge in [0.2, 0.25) is 0 Å². The van der Waals surface area contributed by atoms with Gasteiger partial charge in [0.05, 0.1) is 13.7 Å². The van der Waals surface area contributed by atoms with E-state index in [1.807, 2.05) is 42.6 Å². The Labute approximate surface area is 159 Å². The molecule has 1 aromatic heterocycles. The summed E-state index contributed by atoms with van der Waals surface area (Å²) in [6.45, 7) is 5.22. The minimum Gasteiger partial charge on any atom is -0.497 e. The predicted molar refractivity (Wildman–Crippen MR) is 107 cm³/mol. The summed E-state index contributed by atoms with van der Waals surface area (Å²) >= 11 is 0. The number of aromatic nitrogens is 1. The zero-order valence-electron chi connectivity index (χ0n) is 15.6. The van der Waals surface area contributed by atoms with E-state index in [1.165, 1.54) is 5.56 Å². The average molecular weight is 363 g/mol. The largest absolute Gasteiger partial charge is 0.497 e. The number of nitrogens with one attached hydrogen (secondary N) is 1. The van der Waals surface area contributed by atoms with Crippen molar-refractivity contribution >= 4 is 16.7 Å². The van der Waals surface area contributed by atoms with Gasteiger partial charge in [-0.15, -0.1) is 0 Å². The Kier molecular flexibility index (Phi) is 5.23. The maximum atomic E-state index is 12.7. The van der Waals surface area contributed by atoms with Crippen molar-refractivity contribution in [3.8, 4) is 5.75 Å². The maximum Gasteiger partial charge on any atom is 0.178 e. The third kappa shape index (κ3) is 4.04. The van der Waals surface area contributed by atoms with E-state index in [2.05, 4.69) is 26.9 Å². The molecule has 4 rings (SSSR count). The molecule has 0 amide bonds. The number of ether oxygens (including phenoxy) is 1. The quantitative estimate of drug-likeness (QED) is 0.684. The lowest BCUT2D eigenvalue weighted by Crippen LogP contribution is -2.47. The molecule has 2 heterocycles. The molecule has 1 aliphatic heterocycles. The van der Waals surface area contributed by atoms with Crippen molar-refractivity contribution in [1.29, 1.82) is 0 Å². The van der Waals surface area contributed by atoms with Crippen LogP contribution in [0.1, 0.15) is 15.9 Å². The fraction of sp³-hybridized carbons (Fsp3) is 0.318. The molecule has 140 valence electrons. The van der Waals surface area contributed by atoms with Crippen LogP contribution in [-0.4, -0.2) is 60.4 Å². The molecule has 0 saturated carbocycles. The molecule has 1 aliphatic rings. The van der Waals surface area contributed by atoms with Gasteiger partial charge in [-0.25, -0.2) is 0 Å². The van der Waals surface area contributed by atoms with Crippen LogP contribution in [0.15, 0.2) is 54.7 Å². The molecule has 0 bridgehead atoms. The molecule has 3 aromatic rings. The van der Waals surface area contributed by atoms with Crippen LogP contribution in [0.4, 0.5) is 0 Å². The minimum atomic E-state index is 0.191. The van der Waals surface area contributed by atoms with Gasteiger partial charge in [-0.1, -0.05) is 30.3 Å². The molecular weight excluding hydrogens is 338 g/mol. The molecule has 0 aliphatic carbocycles. The number of benzene rings is 2. The van der Waals surface area contributed by atoms with E-state index in [-0.39, 0.29) is 5.78 Å². The second-order valence-corrected chi connectivity index (χ2v) is 7.07. The number of hydrogen-bond acceptors (Lipinski definition) is 4. The lowest BCUT2D eigenvalue weighted by molar-refractivity contribution is 0.0845. The summed E-state index contributed by atoms with van der Waals surface area (Å²) in [5, 5.41) is 1.01. The molecule has 0 radical (unpaired) electrons. The maximum absolute atomic E-state index is 12.7. The SMILES string of the molecule is COc1ccc(CN2CCN(CC(=O)c3c[nH]c4ccccc34)CC2)cc1. The van der Waals surface area contributed by atoms with E-state index in [0.29, 0.717) is 6.54 Å². The van der Waals surface area contributed by atoms with Crippen LogP contribution in [0.3, 0.4) is 0 Å². The molecule has 0 atom stereocenters. The summed E-state index contributed by atoms with van der Waals surface area (Å²) < 4.78 is 5.21. The van der Waals surface area contributed by atoms with Crippen LogP contribution in [0.2, 0.25) is 0 Å². The number of hydrogen-bond donors (Lipinski definition) is 1. The van der Waals surface area contributed by atoms with Crippen LogP contribution in [0.5, 0.6) is 5.75 Å². The highest BCUT2D eigenvalue weighted by Gasteiger charge is 2.21. The number of fused-ring (bicyclic) bond motifs is 1. The highest BCUT2D eigenvalue weighted by atomic mass is 16.5. The van der Waals surface area contributed by atoms with Crippen molar-refractivity contribution in [2.45, 2.75) is 6.54 Å². The van der Waals surface area contributed by atoms with E-state index in [9.17, 15) is 4.79 Å². The molecule has 2 aromatic carbocycles. The van der Waals surface area contributed by atoms with Crippen LogP contribution < -0.4 is 4.74 Å². The third-order valence-corrected chi connectivity index (χ3v) is 5.29. The number of Topliss-reactive ketones (excluding diaryl/α,β-unsaturated/α-hetero) is 1. The lowest BCUT2D eigenvalue weighted by Gasteiger charge is -2.34. The summed E-state index contributed by atoms with van der Waals surface area (Å²) in [5.74, 6) is 1.08. The van der Waals surface area contributed by atoms with Crippen molar-refractivity contribution in [2.24, 2.45) is 0 Å². The average Bonchev–Trinajstić information content (AvgIpc) is 3.14. The number of rotatable bonds is 6. The molecule has 0 unspecified atom stereocenters. The fourth-order valence-electron chi connectivity index (χ4n) is 3.69. The first-order chi connectivity index (χ1) is 13.2. The molecule has 0 spiro atoms. The summed E-state index contributed by atoms with van der Waals surface area (Å²) in [6, 6.07) is 16.2. The monoisotopic (exact) mass is 363 g/mol. The van der Waals surface area contributed by atoms with Gasteiger partial charge in [0.1, 0.15) is 5.75 Å². The first kappa shape index (κ1) is 17.8. The van der Waals surface area contributed by atoms with Gasteiger partial charge in [-0.05, 0) is 23.8 Å². The Hall–Kier alpha value is -2.63. The molecular formula is C22H25N3O2. The fourth-order valence-corrected chi connectivity index (χ4v) is 3.69. The summed E-state index contributed by atoms with van der Waals surface area (Å²) in [5.41, 5.74) is 3.11. The molecule has 1 N–H and O–H groups in total. The Morgan fingerprint density at radius 2 is 1.70 bits per heavy atom. The minimum absolute atomic E-state index is 0.191. The summed E-state index contributed by atoms with van der Waals surface area (Å²) in [7, 11) is 1.69. The van der Waals surface area contributed by atoms with Crippen molar-refractivity contribution in [2.75, 3.05) is 39.8 Å². The second kappa shape index (κ2) is 7.94. The lowest BCUT2D eigenvalue weighted by atomic mass is 10.1. The Bertz CT molecular complexity index is 909. The van der Waals surface area contributed by atoms with Crippen molar-refractivity contribution in [3.63, 3.8) is 0 Å². The van der Waals surface area contributed by atoms with Gasteiger partial charge in [0.25, 0.3) is 0 Å². The third-order valence-electron chi connectivity index (χ3n) is 5.29. The van der Waals surface area contributed by atoms with Gasteiger partial charge in [0, 0.05) is 55.4 Å².